The van der Waals surface area contributed by atoms with Crippen molar-refractivity contribution in [1.82, 2.24) is 0 Å². The van der Waals surface area contributed by atoms with Crippen LogP contribution in [0.25, 0.3) is 0 Å². The Bertz CT molecular complexity index is 309. The summed E-state index contributed by atoms with van der Waals surface area (Å²) in [6.45, 7) is 4.29. The molecular formula is C12H18Cl2FN. The van der Waals surface area contributed by atoms with Crippen molar-refractivity contribution in [3.8, 4) is 0 Å². The number of nitrogens with two attached hydrogens (primary N) is 1. The molecule has 16 heavy (non-hydrogen) atoms. The topological polar surface area (TPSA) is 26.0 Å². The molecule has 0 saturated carbocycles. The third-order valence-corrected chi connectivity index (χ3v) is 2.59. The molecular weight excluding hydrogens is 248 g/mol. The molecule has 0 aliphatic carbocycles. The zero-order chi connectivity index (χ0) is 11.4. The fourth-order valence-electron chi connectivity index (χ4n) is 1.47. The summed E-state index contributed by atoms with van der Waals surface area (Å²) in [5, 5.41) is 0.407. The predicted octanol–water partition coefficient (Wildman–Crippen LogP) is 4.34. The standard InChI is InChI=1S/C12H17ClFN.ClH/c1-8(2)3-4-12(15)9-5-10(13)7-11(14)6-9;/h5-8,12H,3-4,15H2,1-2H3;1H/t12-;/m1./s1. The molecule has 0 heterocycles. The Kier molecular flexibility index (Phi) is 6.96. The molecule has 0 unspecified atom stereocenters. The summed E-state index contributed by atoms with van der Waals surface area (Å²) in [6, 6.07) is 4.35. The molecule has 0 saturated heterocycles. The van der Waals surface area contributed by atoms with Crippen molar-refractivity contribution in [1.29, 1.82) is 0 Å². The first kappa shape index (κ1) is 15.7. The average Bonchev–Trinajstić information content (AvgIpc) is 2.12. The fourth-order valence-corrected chi connectivity index (χ4v) is 1.70. The highest BCUT2D eigenvalue weighted by molar-refractivity contribution is 6.30. The largest absolute Gasteiger partial charge is 0.324 e. The first-order chi connectivity index (χ1) is 6.99. The van der Waals surface area contributed by atoms with Gasteiger partial charge in [0.25, 0.3) is 0 Å². The maximum absolute atomic E-state index is 13.0. The van der Waals surface area contributed by atoms with E-state index in [4.69, 9.17) is 17.3 Å². The summed E-state index contributed by atoms with van der Waals surface area (Å²) in [4.78, 5) is 0. The van der Waals surface area contributed by atoms with Crippen molar-refractivity contribution in [2.75, 3.05) is 0 Å². The van der Waals surface area contributed by atoms with Crippen LogP contribution in [0.4, 0.5) is 4.39 Å². The van der Waals surface area contributed by atoms with Gasteiger partial charge in [-0.05, 0) is 42.5 Å². The van der Waals surface area contributed by atoms with Crippen LogP contribution in [0, 0.1) is 11.7 Å². The molecule has 2 N–H and O–H groups in total. The van der Waals surface area contributed by atoms with Crippen LogP contribution in [-0.4, -0.2) is 0 Å². The van der Waals surface area contributed by atoms with Gasteiger partial charge in [-0.2, -0.15) is 0 Å². The number of hydrogen-bond donors (Lipinski definition) is 1. The molecule has 1 aromatic carbocycles. The van der Waals surface area contributed by atoms with Crippen LogP contribution >= 0.6 is 24.0 Å². The van der Waals surface area contributed by atoms with E-state index in [1.807, 2.05) is 0 Å². The molecule has 0 aromatic heterocycles. The summed E-state index contributed by atoms with van der Waals surface area (Å²) in [5.41, 5.74) is 6.73. The molecule has 0 bridgehead atoms. The Balaban J connectivity index is 0.00000225. The van der Waals surface area contributed by atoms with Crippen molar-refractivity contribution < 1.29 is 4.39 Å². The summed E-state index contributed by atoms with van der Waals surface area (Å²) >= 11 is 5.76. The smallest absolute Gasteiger partial charge is 0.125 e. The van der Waals surface area contributed by atoms with Gasteiger partial charge in [0.2, 0.25) is 0 Å². The van der Waals surface area contributed by atoms with Gasteiger partial charge in [-0.15, -0.1) is 12.4 Å². The van der Waals surface area contributed by atoms with Gasteiger partial charge in [-0.25, -0.2) is 4.39 Å². The maximum Gasteiger partial charge on any atom is 0.125 e. The van der Waals surface area contributed by atoms with E-state index in [9.17, 15) is 4.39 Å². The van der Waals surface area contributed by atoms with Crippen molar-refractivity contribution in [3.63, 3.8) is 0 Å². The third kappa shape index (κ3) is 5.15. The molecule has 4 heteroatoms. The van der Waals surface area contributed by atoms with E-state index in [2.05, 4.69) is 13.8 Å². The number of halogens is 3. The number of benzene rings is 1. The Morgan fingerprint density at radius 2 is 1.88 bits per heavy atom. The number of rotatable bonds is 4. The minimum Gasteiger partial charge on any atom is -0.324 e. The van der Waals surface area contributed by atoms with Gasteiger partial charge in [0.05, 0.1) is 0 Å². The molecule has 1 atom stereocenters. The second kappa shape index (κ2) is 7.10. The van der Waals surface area contributed by atoms with Crippen LogP contribution in [-0.2, 0) is 0 Å². The molecule has 92 valence electrons. The highest BCUT2D eigenvalue weighted by Gasteiger charge is 2.09. The molecule has 1 nitrogen and oxygen atoms in total. The van der Waals surface area contributed by atoms with Crippen LogP contribution in [0.3, 0.4) is 0 Å². The van der Waals surface area contributed by atoms with Crippen molar-refractivity contribution in [2.45, 2.75) is 32.7 Å². The predicted molar refractivity (Wildman–Crippen MR) is 69.7 cm³/mol. The Morgan fingerprint density at radius 1 is 1.25 bits per heavy atom. The Morgan fingerprint density at radius 3 is 2.38 bits per heavy atom. The van der Waals surface area contributed by atoms with Crippen molar-refractivity contribution in [2.24, 2.45) is 11.7 Å². The first-order valence-electron chi connectivity index (χ1n) is 5.20. The van der Waals surface area contributed by atoms with Crippen molar-refractivity contribution in [3.05, 3.63) is 34.6 Å². The summed E-state index contributed by atoms with van der Waals surface area (Å²) in [7, 11) is 0. The van der Waals surface area contributed by atoms with Gasteiger partial charge in [-0.3, -0.25) is 0 Å². The highest BCUT2D eigenvalue weighted by atomic mass is 35.5. The molecule has 0 spiro atoms. The van der Waals surface area contributed by atoms with E-state index in [-0.39, 0.29) is 24.3 Å². The Hall–Kier alpha value is -0.310. The lowest BCUT2D eigenvalue weighted by atomic mass is 9.98. The molecule has 0 fully saturated rings. The van der Waals surface area contributed by atoms with E-state index in [1.165, 1.54) is 12.1 Å². The van der Waals surface area contributed by atoms with Crippen LogP contribution in [0.15, 0.2) is 18.2 Å². The molecule has 0 aliphatic heterocycles. The second-order valence-corrected chi connectivity index (χ2v) is 4.72. The molecule has 0 aliphatic rings. The van der Waals surface area contributed by atoms with E-state index in [1.54, 1.807) is 6.07 Å². The van der Waals surface area contributed by atoms with E-state index in [0.29, 0.717) is 10.9 Å². The van der Waals surface area contributed by atoms with Gasteiger partial charge in [0.1, 0.15) is 5.82 Å². The molecule has 1 aromatic rings. The summed E-state index contributed by atoms with van der Waals surface area (Å²) < 4.78 is 13.0. The lowest BCUT2D eigenvalue weighted by molar-refractivity contribution is 0.505. The minimum absolute atomic E-state index is 0. The van der Waals surface area contributed by atoms with Gasteiger partial charge in [0, 0.05) is 11.1 Å². The minimum atomic E-state index is -0.322. The lowest BCUT2D eigenvalue weighted by Crippen LogP contribution is -2.11. The van der Waals surface area contributed by atoms with Gasteiger partial charge < -0.3 is 5.73 Å². The summed E-state index contributed by atoms with van der Waals surface area (Å²) in [6.07, 6.45) is 1.90. The third-order valence-electron chi connectivity index (χ3n) is 2.37. The van der Waals surface area contributed by atoms with Crippen molar-refractivity contribution >= 4 is 24.0 Å². The van der Waals surface area contributed by atoms with Crippen LogP contribution in [0.5, 0.6) is 0 Å². The molecule has 0 amide bonds. The first-order valence-corrected chi connectivity index (χ1v) is 5.58. The normalized spacial score (nSPS) is 12.4. The zero-order valence-corrected chi connectivity index (χ0v) is 11.1. The lowest BCUT2D eigenvalue weighted by Gasteiger charge is -2.13. The average molecular weight is 266 g/mol. The number of hydrogen-bond acceptors (Lipinski definition) is 1. The van der Waals surface area contributed by atoms with E-state index in [0.717, 1.165) is 18.4 Å². The quantitative estimate of drug-likeness (QED) is 0.862. The van der Waals surface area contributed by atoms with Crippen LogP contribution < -0.4 is 5.73 Å². The fraction of sp³-hybridized carbons (Fsp3) is 0.500. The Labute approximate surface area is 108 Å². The van der Waals surface area contributed by atoms with Crippen LogP contribution in [0.1, 0.15) is 38.3 Å². The van der Waals surface area contributed by atoms with Gasteiger partial charge in [-0.1, -0.05) is 25.4 Å². The SMILES string of the molecule is CC(C)CC[C@@H](N)c1cc(F)cc(Cl)c1.Cl. The van der Waals surface area contributed by atoms with Gasteiger partial charge in [0.15, 0.2) is 0 Å². The second-order valence-electron chi connectivity index (χ2n) is 4.28. The maximum atomic E-state index is 13.0. The summed E-state index contributed by atoms with van der Waals surface area (Å²) in [5.74, 6) is 0.289. The van der Waals surface area contributed by atoms with Gasteiger partial charge >= 0.3 is 0 Å². The zero-order valence-electron chi connectivity index (χ0n) is 9.54. The molecule has 1 rings (SSSR count). The van der Waals surface area contributed by atoms with E-state index < -0.39 is 0 Å². The van der Waals surface area contributed by atoms with E-state index >= 15 is 0 Å². The monoisotopic (exact) mass is 265 g/mol. The highest BCUT2D eigenvalue weighted by Crippen LogP contribution is 2.22. The molecule has 0 radical (unpaired) electrons. The van der Waals surface area contributed by atoms with Crippen LogP contribution in [0.2, 0.25) is 5.02 Å².